The highest BCUT2D eigenvalue weighted by Crippen LogP contribution is 2.27. The number of ether oxygens (including phenoxy) is 2. The molecule has 7 nitrogen and oxygen atoms in total. The molecule has 0 aliphatic carbocycles. The van der Waals surface area contributed by atoms with Gasteiger partial charge in [0.05, 0.1) is 12.0 Å². The number of carbonyl (C=O) groups excluding carboxylic acids is 1. The second-order valence-electron chi connectivity index (χ2n) is 6.01. The van der Waals surface area contributed by atoms with Crippen LogP contribution in [0.4, 0.5) is 5.69 Å². The van der Waals surface area contributed by atoms with Crippen LogP contribution in [0.1, 0.15) is 20.8 Å². The number of methoxy groups -OCH3 is 1. The van der Waals surface area contributed by atoms with Gasteiger partial charge in [-0.1, -0.05) is 26.0 Å². The molecular weight excluding hydrogens is 380 g/mol. The van der Waals surface area contributed by atoms with E-state index in [4.69, 9.17) is 9.47 Å². The third-order valence-electron chi connectivity index (χ3n) is 4.21. The van der Waals surface area contributed by atoms with Crippen molar-refractivity contribution in [1.29, 1.82) is 0 Å². The number of benzene rings is 2. The van der Waals surface area contributed by atoms with Crippen LogP contribution < -0.4 is 14.8 Å². The zero-order valence-electron chi connectivity index (χ0n) is 16.5. The van der Waals surface area contributed by atoms with Gasteiger partial charge in [-0.05, 0) is 43.3 Å². The van der Waals surface area contributed by atoms with Gasteiger partial charge in [-0.2, -0.15) is 4.31 Å². The molecule has 0 aliphatic heterocycles. The molecule has 1 N–H and O–H groups in total. The highest BCUT2D eigenvalue weighted by Gasteiger charge is 2.22. The molecule has 0 bridgehead atoms. The van der Waals surface area contributed by atoms with Crippen LogP contribution in [-0.2, 0) is 14.8 Å². The lowest BCUT2D eigenvalue weighted by Gasteiger charge is -2.19. The van der Waals surface area contributed by atoms with Crippen LogP contribution in [0.2, 0.25) is 0 Å². The minimum absolute atomic E-state index is 0.188. The first-order chi connectivity index (χ1) is 13.3. The van der Waals surface area contributed by atoms with Crippen molar-refractivity contribution in [2.45, 2.75) is 31.8 Å². The van der Waals surface area contributed by atoms with Crippen molar-refractivity contribution < 1.29 is 22.7 Å². The number of sulfonamides is 1. The van der Waals surface area contributed by atoms with E-state index in [9.17, 15) is 13.2 Å². The highest BCUT2D eigenvalue weighted by atomic mass is 32.2. The Morgan fingerprint density at radius 3 is 2.14 bits per heavy atom. The first-order valence-electron chi connectivity index (χ1n) is 9.04. The summed E-state index contributed by atoms with van der Waals surface area (Å²) in [5.74, 6) is 0.645. The van der Waals surface area contributed by atoms with Gasteiger partial charge < -0.3 is 14.8 Å². The monoisotopic (exact) mass is 406 g/mol. The molecule has 2 aromatic carbocycles. The van der Waals surface area contributed by atoms with Gasteiger partial charge in [-0.3, -0.25) is 4.79 Å². The number of carbonyl (C=O) groups is 1. The number of rotatable bonds is 9. The van der Waals surface area contributed by atoms with Crippen LogP contribution in [0.3, 0.4) is 0 Å². The number of anilines is 1. The second-order valence-corrected chi connectivity index (χ2v) is 7.95. The molecule has 0 fully saturated rings. The topological polar surface area (TPSA) is 84.9 Å². The van der Waals surface area contributed by atoms with Gasteiger partial charge in [-0.25, -0.2) is 8.42 Å². The van der Waals surface area contributed by atoms with E-state index in [-0.39, 0.29) is 10.8 Å². The normalized spacial score (nSPS) is 12.5. The van der Waals surface area contributed by atoms with Crippen LogP contribution in [0.15, 0.2) is 53.4 Å². The van der Waals surface area contributed by atoms with Crippen molar-refractivity contribution in [3.05, 3.63) is 48.5 Å². The number of amides is 1. The van der Waals surface area contributed by atoms with Crippen LogP contribution in [-0.4, -0.2) is 44.9 Å². The van der Waals surface area contributed by atoms with E-state index in [0.29, 0.717) is 30.3 Å². The summed E-state index contributed by atoms with van der Waals surface area (Å²) < 4.78 is 37.3. The minimum atomic E-state index is -3.53. The van der Waals surface area contributed by atoms with Crippen LogP contribution >= 0.6 is 0 Å². The predicted octanol–water partition coefficient (Wildman–Crippen LogP) is 3.13. The quantitative estimate of drug-likeness (QED) is 0.692. The number of nitrogens with one attached hydrogen (secondary N) is 1. The molecule has 0 aromatic heterocycles. The van der Waals surface area contributed by atoms with E-state index < -0.39 is 16.1 Å². The molecular formula is C20H26N2O5S. The van der Waals surface area contributed by atoms with Gasteiger partial charge in [0.2, 0.25) is 10.0 Å². The number of nitrogens with zero attached hydrogens (tertiary/aromatic N) is 1. The van der Waals surface area contributed by atoms with Gasteiger partial charge in [0.15, 0.2) is 17.6 Å². The van der Waals surface area contributed by atoms with Gasteiger partial charge in [0.1, 0.15) is 0 Å². The van der Waals surface area contributed by atoms with Crippen LogP contribution in [0.25, 0.3) is 0 Å². The van der Waals surface area contributed by atoms with E-state index in [1.807, 2.05) is 6.07 Å². The van der Waals surface area contributed by atoms with Crippen LogP contribution in [0.5, 0.6) is 11.5 Å². The Balaban J connectivity index is 2.06. The standard InChI is InChI=1S/C20H26N2O5S/c1-5-22(6-2)28(24,25)17-13-11-16(12-14-17)21-20(23)15(3)27-19-10-8-7-9-18(19)26-4/h7-15H,5-6H2,1-4H3,(H,21,23)/t15-/m0/s1. The zero-order valence-corrected chi connectivity index (χ0v) is 17.3. The van der Waals surface area contributed by atoms with E-state index in [2.05, 4.69) is 5.32 Å². The van der Waals surface area contributed by atoms with Gasteiger partial charge in [0, 0.05) is 18.8 Å². The average molecular weight is 407 g/mol. The Bertz CT molecular complexity index is 893. The summed E-state index contributed by atoms with van der Waals surface area (Å²) in [7, 11) is -2.00. The number of hydrogen-bond acceptors (Lipinski definition) is 5. The molecule has 0 saturated heterocycles. The number of para-hydroxylation sites is 2. The SMILES string of the molecule is CCN(CC)S(=O)(=O)c1ccc(NC(=O)[C@H](C)Oc2ccccc2OC)cc1. The van der Waals surface area contributed by atoms with E-state index in [0.717, 1.165) is 0 Å². The van der Waals surface area contributed by atoms with Crippen molar-refractivity contribution >= 4 is 21.6 Å². The predicted molar refractivity (Wildman–Crippen MR) is 108 cm³/mol. The molecule has 0 spiro atoms. The van der Waals surface area contributed by atoms with Gasteiger partial charge >= 0.3 is 0 Å². The summed E-state index contributed by atoms with van der Waals surface area (Å²) in [5.41, 5.74) is 0.485. The van der Waals surface area contributed by atoms with Crippen molar-refractivity contribution in [2.24, 2.45) is 0 Å². The molecule has 1 amide bonds. The summed E-state index contributed by atoms with van der Waals surface area (Å²) in [5, 5.41) is 2.72. The highest BCUT2D eigenvalue weighted by molar-refractivity contribution is 7.89. The smallest absolute Gasteiger partial charge is 0.265 e. The lowest BCUT2D eigenvalue weighted by Crippen LogP contribution is -2.31. The maximum absolute atomic E-state index is 12.5. The molecule has 2 rings (SSSR count). The lowest BCUT2D eigenvalue weighted by atomic mass is 10.3. The zero-order chi connectivity index (χ0) is 20.7. The van der Waals surface area contributed by atoms with Crippen molar-refractivity contribution in [2.75, 3.05) is 25.5 Å². The third-order valence-corrected chi connectivity index (χ3v) is 6.27. The molecule has 1 atom stereocenters. The Labute approximate surface area is 166 Å². The fraction of sp³-hybridized carbons (Fsp3) is 0.350. The fourth-order valence-corrected chi connectivity index (χ4v) is 4.08. The van der Waals surface area contributed by atoms with E-state index in [1.54, 1.807) is 51.1 Å². The summed E-state index contributed by atoms with van der Waals surface area (Å²) in [6.45, 7) is 6.00. The largest absolute Gasteiger partial charge is 0.493 e. The third kappa shape index (κ3) is 5.02. The Morgan fingerprint density at radius 2 is 1.61 bits per heavy atom. The molecule has 28 heavy (non-hydrogen) atoms. The minimum Gasteiger partial charge on any atom is -0.493 e. The van der Waals surface area contributed by atoms with Crippen molar-refractivity contribution in [3.8, 4) is 11.5 Å². The molecule has 0 heterocycles. The fourth-order valence-electron chi connectivity index (χ4n) is 2.63. The maximum Gasteiger partial charge on any atom is 0.265 e. The maximum atomic E-state index is 12.5. The molecule has 0 saturated carbocycles. The second kappa shape index (κ2) is 9.57. The van der Waals surface area contributed by atoms with Crippen molar-refractivity contribution in [1.82, 2.24) is 4.31 Å². The van der Waals surface area contributed by atoms with Gasteiger partial charge in [-0.15, -0.1) is 0 Å². The van der Waals surface area contributed by atoms with Crippen molar-refractivity contribution in [3.63, 3.8) is 0 Å². The number of hydrogen-bond donors (Lipinski definition) is 1. The molecule has 2 aromatic rings. The van der Waals surface area contributed by atoms with E-state index >= 15 is 0 Å². The first kappa shape index (κ1) is 21.7. The molecule has 0 aliphatic rings. The summed E-state index contributed by atoms with van der Waals surface area (Å²) >= 11 is 0. The Hall–Kier alpha value is -2.58. The molecule has 0 unspecified atom stereocenters. The van der Waals surface area contributed by atoms with E-state index in [1.165, 1.54) is 23.5 Å². The summed E-state index contributed by atoms with van der Waals surface area (Å²) in [6.07, 6.45) is -0.768. The average Bonchev–Trinajstić information content (AvgIpc) is 2.69. The summed E-state index contributed by atoms with van der Waals surface area (Å²) in [6, 6.07) is 13.1. The van der Waals surface area contributed by atoms with Crippen LogP contribution in [0, 0.1) is 0 Å². The molecule has 0 radical (unpaired) electrons. The Morgan fingerprint density at radius 1 is 1.04 bits per heavy atom. The molecule has 152 valence electrons. The first-order valence-corrected chi connectivity index (χ1v) is 10.5. The summed E-state index contributed by atoms with van der Waals surface area (Å²) in [4.78, 5) is 12.6. The molecule has 8 heteroatoms. The Kier molecular flexibility index (Phi) is 7.42. The lowest BCUT2D eigenvalue weighted by molar-refractivity contribution is -0.122. The van der Waals surface area contributed by atoms with Gasteiger partial charge in [0.25, 0.3) is 5.91 Å².